The van der Waals surface area contributed by atoms with Gasteiger partial charge >= 0.3 is 6.09 Å². The standard InChI is InChI=1S/C29H46N2O4/c1-19(2)11-13-23(27(33)30-24-17-21-12-14-22(24)15-21)18-26(32)25(16-20-9-7-6-8-10-20)31-28(34)35-29(3,4)5/h6-10,19,21-26,32H,11-18H2,1-5H3,(H,30,33)(H,31,34)/t21?,22?,23-,24?,25+,26+/m1/s1. The number of aliphatic hydroxyl groups excluding tert-OH is 1. The summed E-state index contributed by atoms with van der Waals surface area (Å²) < 4.78 is 5.46. The molecule has 6 nitrogen and oxygen atoms in total. The van der Waals surface area contributed by atoms with Crippen LogP contribution in [-0.4, -0.2) is 40.9 Å². The number of alkyl carbamates (subject to hydrolysis) is 1. The third-order valence-corrected chi connectivity index (χ3v) is 7.52. The van der Waals surface area contributed by atoms with Crippen LogP contribution in [0.5, 0.6) is 0 Å². The first-order chi connectivity index (χ1) is 16.5. The van der Waals surface area contributed by atoms with Crippen molar-refractivity contribution >= 4 is 12.0 Å². The molecule has 2 amide bonds. The van der Waals surface area contributed by atoms with E-state index in [0.29, 0.717) is 24.7 Å². The largest absolute Gasteiger partial charge is 0.444 e. The summed E-state index contributed by atoms with van der Waals surface area (Å²) in [4.78, 5) is 26.0. The zero-order valence-corrected chi connectivity index (χ0v) is 22.3. The summed E-state index contributed by atoms with van der Waals surface area (Å²) in [5.74, 6) is 1.62. The van der Waals surface area contributed by atoms with E-state index in [-0.39, 0.29) is 17.9 Å². The first kappa shape index (κ1) is 27.5. The molecule has 1 aromatic rings. The first-order valence-electron chi connectivity index (χ1n) is 13.5. The lowest BCUT2D eigenvalue weighted by molar-refractivity contribution is -0.127. The van der Waals surface area contributed by atoms with Gasteiger partial charge in [-0.05, 0) is 82.6 Å². The van der Waals surface area contributed by atoms with Crippen molar-refractivity contribution in [3.05, 3.63) is 35.9 Å². The number of hydrogen-bond acceptors (Lipinski definition) is 4. The van der Waals surface area contributed by atoms with E-state index in [0.717, 1.165) is 30.7 Å². The smallest absolute Gasteiger partial charge is 0.407 e. The lowest BCUT2D eigenvalue weighted by Gasteiger charge is -2.30. The second-order valence-corrected chi connectivity index (χ2v) is 12.2. The van der Waals surface area contributed by atoms with E-state index in [1.54, 1.807) is 0 Å². The summed E-state index contributed by atoms with van der Waals surface area (Å²) >= 11 is 0. The molecule has 0 saturated heterocycles. The first-order valence-corrected chi connectivity index (χ1v) is 13.5. The number of aliphatic hydroxyl groups is 1. The summed E-state index contributed by atoms with van der Waals surface area (Å²) in [5.41, 5.74) is 0.380. The van der Waals surface area contributed by atoms with Gasteiger partial charge in [0, 0.05) is 12.0 Å². The molecule has 0 spiro atoms. The monoisotopic (exact) mass is 486 g/mol. The van der Waals surface area contributed by atoms with Crippen LogP contribution >= 0.6 is 0 Å². The number of rotatable bonds is 11. The lowest BCUT2D eigenvalue weighted by Crippen LogP contribution is -2.49. The Morgan fingerprint density at radius 1 is 1.09 bits per heavy atom. The Balaban J connectivity index is 1.69. The summed E-state index contributed by atoms with van der Waals surface area (Å²) in [6.45, 7) is 9.76. The maximum absolute atomic E-state index is 13.4. The van der Waals surface area contributed by atoms with E-state index in [9.17, 15) is 14.7 Å². The van der Waals surface area contributed by atoms with E-state index < -0.39 is 23.8 Å². The van der Waals surface area contributed by atoms with E-state index in [4.69, 9.17) is 4.74 Å². The van der Waals surface area contributed by atoms with Crippen LogP contribution in [0, 0.1) is 23.7 Å². The highest BCUT2D eigenvalue weighted by Gasteiger charge is 2.41. The Morgan fingerprint density at radius 3 is 2.37 bits per heavy atom. The molecule has 2 fully saturated rings. The highest BCUT2D eigenvalue weighted by atomic mass is 16.6. The number of carbonyl (C=O) groups is 2. The summed E-state index contributed by atoms with van der Waals surface area (Å²) in [6.07, 6.45) is 5.84. The molecule has 2 saturated carbocycles. The predicted molar refractivity (Wildman–Crippen MR) is 139 cm³/mol. The van der Waals surface area contributed by atoms with Gasteiger partial charge in [-0.1, -0.05) is 57.0 Å². The average Bonchev–Trinajstić information content (AvgIpc) is 3.38. The minimum atomic E-state index is -0.870. The van der Waals surface area contributed by atoms with Gasteiger partial charge in [0.05, 0.1) is 12.1 Å². The SMILES string of the molecule is CC(C)CC[C@H](C[C@H](O)[C@H](Cc1ccccc1)NC(=O)OC(C)(C)C)C(=O)NC1CC2CCC1C2. The third kappa shape index (κ3) is 8.82. The van der Waals surface area contributed by atoms with E-state index in [2.05, 4.69) is 24.5 Å². The molecule has 2 aliphatic rings. The van der Waals surface area contributed by atoms with Crippen molar-refractivity contribution in [3.63, 3.8) is 0 Å². The zero-order chi connectivity index (χ0) is 25.6. The van der Waals surface area contributed by atoms with Crippen LogP contribution in [0.4, 0.5) is 4.79 Å². The minimum Gasteiger partial charge on any atom is -0.444 e. The highest BCUT2D eigenvalue weighted by Crippen LogP contribution is 2.44. The van der Waals surface area contributed by atoms with Crippen molar-refractivity contribution < 1.29 is 19.4 Å². The van der Waals surface area contributed by atoms with Crippen molar-refractivity contribution in [2.24, 2.45) is 23.7 Å². The molecule has 6 atom stereocenters. The number of fused-ring (bicyclic) bond motifs is 2. The number of carbonyl (C=O) groups excluding carboxylic acids is 2. The van der Waals surface area contributed by atoms with Crippen LogP contribution in [0.15, 0.2) is 30.3 Å². The van der Waals surface area contributed by atoms with Gasteiger partial charge in [0.1, 0.15) is 5.60 Å². The van der Waals surface area contributed by atoms with Crippen molar-refractivity contribution in [1.29, 1.82) is 0 Å². The predicted octanol–water partition coefficient (Wildman–Crippen LogP) is 5.23. The fourth-order valence-electron chi connectivity index (χ4n) is 5.68. The Morgan fingerprint density at radius 2 is 1.80 bits per heavy atom. The average molecular weight is 487 g/mol. The lowest BCUT2D eigenvalue weighted by atomic mass is 9.87. The maximum Gasteiger partial charge on any atom is 0.407 e. The van der Waals surface area contributed by atoms with Crippen LogP contribution in [0.2, 0.25) is 0 Å². The van der Waals surface area contributed by atoms with Gasteiger partial charge in [0.25, 0.3) is 0 Å². The third-order valence-electron chi connectivity index (χ3n) is 7.52. The number of amides is 2. The van der Waals surface area contributed by atoms with Gasteiger partial charge in [-0.25, -0.2) is 4.79 Å². The molecule has 2 aliphatic carbocycles. The number of benzene rings is 1. The van der Waals surface area contributed by atoms with Gasteiger partial charge in [0.2, 0.25) is 5.91 Å². The molecule has 0 heterocycles. The summed E-state index contributed by atoms with van der Waals surface area (Å²) in [6, 6.07) is 9.52. The van der Waals surface area contributed by atoms with E-state index >= 15 is 0 Å². The van der Waals surface area contributed by atoms with Crippen molar-refractivity contribution in [1.82, 2.24) is 10.6 Å². The fraction of sp³-hybridized carbons (Fsp3) is 0.724. The summed E-state index contributed by atoms with van der Waals surface area (Å²) in [7, 11) is 0. The summed E-state index contributed by atoms with van der Waals surface area (Å²) in [5, 5.41) is 17.5. The van der Waals surface area contributed by atoms with Gasteiger partial charge in [0.15, 0.2) is 0 Å². The molecule has 3 unspecified atom stereocenters. The highest BCUT2D eigenvalue weighted by molar-refractivity contribution is 5.79. The second kappa shape index (κ2) is 12.2. The molecule has 1 aromatic carbocycles. The molecule has 35 heavy (non-hydrogen) atoms. The van der Waals surface area contributed by atoms with Crippen molar-refractivity contribution in [2.45, 2.75) is 110 Å². The Kier molecular flexibility index (Phi) is 9.62. The van der Waals surface area contributed by atoms with Crippen LogP contribution < -0.4 is 10.6 Å². The molecule has 0 radical (unpaired) electrons. The molecule has 3 N–H and O–H groups in total. The molecule has 196 valence electrons. The normalized spacial score (nSPS) is 24.1. The Labute approximate surface area is 211 Å². The van der Waals surface area contributed by atoms with Crippen LogP contribution in [0.1, 0.15) is 85.1 Å². The molecular formula is C29H46N2O4. The minimum absolute atomic E-state index is 0.0537. The quantitative estimate of drug-likeness (QED) is 0.400. The van der Waals surface area contributed by atoms with Crippen molar-refractivity contribution in [2.75, 3.05) is 0 Å². The van der Waals surface area contributed by atoms with Crippen LogP contribution in [0.25, 0.3) is 0 Å². The number of ether oxygens (including phenoxy) is 1. The topological polar surface area (TPSA) is 87.7 Å². The van der Waals surface area contributed by atoms with Gasteiger partial charge in [-0.3, -0.25) is 4.79 Å². The second-order valence-electron chi connectivity index (χ2n) is 12.2. The molecule has 0 aromatic heterocycles. The number of hydrogen-bond donors (Lipinski definition) is 3. The van der Waals surface area contributed by atoms with Gasteiger partial charge in [-0.15, -0.1) is 0 Å². The molecule has 3 rings (SSSR count). The Bertz CT molecular complexity index is 820. The Hall–Kier alpha value is -2.08. The molecule has 2 bridgehead atoms. The van der Waals surface area contributed by atoms with Gasteiger partial charge < -0.3 is 20.5 Å². The molecular weight excluding hydrogens is 440 g/mol. The van der Waals surface area contributed by atoms with Crippen LogP contribution in [-0.2, 0) is 16.0 Å². The van der Waals surface area contributed by atoms with E-state index in [1.165, 1.54) is 19.3 Å². The van der Waals surface area contributed by atoms with Crippen LogP contribution in [0.3, 0.4) is 0 Å². The van der Waals surface area contributed by atoms with E-state index in [1.807, 2.05) is 51.1 Å². The number of nitrogens with one attached hydrogen (secondary N) is 2. The molecule has 6 heteroatoms. The maximum atomic E-state index is 13.4. The van der Waals surface area contributed by atoms with Crippen molar-refractivity contribution in [3.8, 4) is 0 Å². The molecule has 0 aliphatic heterocycles. The fourth-order valence-corrected chi connectivity index (χ4v) is 5.68. The zero-order valence-electron chi connectivity index (χ0n) is 22.3. The van der Waals surface area contributed by atoms with Gasteiger partial charge in [-0.2, -0.15) is 0 Å².